The summed E-state index contributed by atoms with van der Waals surface area (Å²) in [4.78, 5) is 24.7. The Labute approximate surface area is 135 Å². The third kappa shape index (κ3) is 3.04. The van der Waals surface area contributed by atoms with Gasteiger partial charge in [-0.15, -0.1) is 0 Å². The average Bonchev–Trinajstić information content (AvgIpc) is 3.01. The Morgan fingerprint density at radius 3 is 2.91 bits per heavy atom. The highest BCUT2D eigenvalue weighted by Gasteiger charge is 2.21. The van der Waals surface area contributed by atoms with E-state index in [0.717, 1.165) is 48.2 Å². The van der Waals surface area contributed by atoms with Crippen molar-refractivity contribution in [2.75, 3.05) is 5.32 Å². The second-order valence-electron chi connectivity index (χ2n) is 5.93. The number of para-hydroxylation sites is 1. The van der Waals surface area contributed by atoms with E-state index in [-0.39, 0.29) is 11.5 Å². The topological polar surface area (TPSA) is 64.0 Å². The SMILES string of the molecule is CCc1ccccc1NC(=O)C(C)n1nc2c(cc1=O)CCC2. The lowest BCUT2D eigenvalue weighted by molar-refractivity contribution is -0.119. The van der Waals surface area contributed by atoms with Gasteiger partial charge in [0, 0.05) is 11.8 Å². The van der Waals surface area contributed by atoms with Gasteiger partial charge in [0.05, 0.1) is 5.69 Å². The van der Waals surface area contributed by atoms with E-state index in [9.17, 15) is 9.59 Å². The van der Waals surface area contributed by atoms with E-state index < -0.39 is 6.04 Å². The Bertz CT molecular complexity index is 795. The van der Waals surface area contributed by atoms with Gasteiger partial charge in [-0.25, -0.2) is 4.68 Å². The predicted molar refractivity (Wildman–Crippen MR) is 89.7 cm³/mol. The van der Waals surface area contributed by atoms with E-state index >= 15 is 0 Å². The molecule has 0 fully saturated rings. The van der Waals surface area contributed by atoms with Crippen LogP contribution in [0.1, 0.15) is 43.1 Å². The lowest BCUT2D eigenvalue weighted by Gasteiger charge is -2.16. The first kappa shape index (κ1) is 15.5. The zero-order valence-corrected chi connectivity index (χ0v) is 13.5. The number of hydrogen-bond donors (Lipinski definition) is 1. The monoisotopic (exact) mass is 311 g/mol. The summed E-state index contributed by atoms with van der Waals surface area (Å²) in [5.41, 5.74) is 3.62. The summed E-state index contributed by atoms with van der Waals surface area (Å²) >= 11 is 0. The van der Waals surface area contributed by atoms with Crippen molar-refractivity contribution in [1.82, 2.24) is 9.78 Å². The molecule has 1 aromatic carbocycles. The molecule has 1 aliphatic carbocycles. The van der Waals surface area contributed by atoms with E-state index in [4.69, 9.17) is 0 Å². The largest absolute Gasteiger partial charge is 0.324 e. The lowest BCUT2D eigenvalue weighted by atomic mass is 10.1. The predicted octanol–water partition coefficient (Wildman–Crippen LogP) is 2.49. The maximum absolute atomic E-state index is 12.5. The van der Waals surface area contributed by atoms with Gasteiger partial charge in [0.25, 0.3) is 5.56 Å². The van der Waals surface area contributed by atoms with E-state index in [1.165, 1.54) is 4.68 Å². The first-order chi connectivity index (χ1) is 11.1. The molecule has 1 atom stereocenters. The normalized spacial score (nSPS) is 14.3. The molecule has 0 radical (unpaired) electrons. The zero-order valence-electron chi connectivity index (χ0n) is 13.5. The van der Waals surface area contributed by atoms with Crippen molar-refractivity contribution in [1.29, 1.82) is 0 Å². The van der Waals surface area contributed by atoms with Gasteiger partial charge in [0.2, 0.25) is 5.91 Å². The Hall–Kier alpha value is -2.43. The number of carbonyl (C=O) groups is 1. The fraction of sp³-hybridized carbons (Fsp3) is 0.389. The number of carbonyl (C=O) groups excluding carboxylic acids is 1. The van der Waals surface area contributed by atoms with Crippen LogP contribution in [-0.4, -0.2) is 15.7 Å². The second-order valence-corrected chi connectivity index (χ2v) is 5.93. The lowest BCUT2D eigenvalue weighted by Crippen LogP contribution is -2.34. The van der Waals surface area contributed by atoms with Crippen molar-refractivity contribution in [2.45, 2.75) is 45.6 Å². The molecule has 0 spiro atoms. The summed E-state index contributed by atoms with van der Waals surface area (Å²) in [6.07, 6.45) is 3.64. The summed E-state index contributed by atoms with van der Waals surface area (Å²) < 4.78 is 1.30. The molecule has 5 heteroatoms. The molecule has 5 nitrogen and oxygen atoms in total. The van der Waals surface area contributed by atoms with Crippen LogP contribution < -0.4 is 10.9 Å². The fourth-order valence-electron chi connectivity index (χ4n) is 2.99. The van der Waals surface area contributed by atoms with Gasteiger partial charge >= 0.3 is 0 Å². The number of amides is 1. The van der Waals surface area contributed by atoms with Crippen molar-refractivity contribution in [3.05, 3.63) is 57.5 Å². The Balaban J connectivity index is 1.84. The molecule has 1 aromatic heterocycles. The minimum absolute atomic E-state index is 0.211. The highest BCUT2D eigenvalue weighted by atomic mass is 16.2. The maximum atomic E-state index is 12.5. The summed E-state index contributed by atoms with van der Waals surface area (Å²) in [5, 5.41) is 7.32. The molecular weight excluding hydrogens is 290 g/mol. The number of nitrogens with zero attached hydrogens (tertiary/aromatic N) is 2. The first-order valence-corrected chi connectivity index (χ1v) is 8.10. The molecule has 0 bridgehead atoms. The molecule has 0 aliphatic heterocycles. The number of hydrogen-bond acceptors (Lipinski definition) is 3. The minimum atomic E-state index is -0.640. The standard InChI is InChI=1S/C18H21N3O2/c1-3-13-7-4-5-9-15(13)19-18(23)12(2)21-17(22)11-14-8-6-10-16(14)20-21/h4-5,7,9,11-12H,3,6,8,10H2,1-2H3,(H,19,23). The minimum Gasteiger partial charge on any atom is -0.324 e. The van der Waals surface area contributed by atoms with Crippen LogP contribution in [0.5, 0.6) is 0 Å². The molecule has 1 N–H and O–H groups in total. The summed E-state index contributed by atoms with van der Waals surface area (Å²) in [5.74, 6) is -0.224. The van der Waals surface area contributed by atoms with Crippen molar-refractivity contribution in [3.63, 3.8) is 0 Å². The van der Waals surface area contributed by atoms with Gasteiger partial charge in [-0.1, -0.05) is 25.1 Å². The summed E-state index contributed by atoms with van der Waals surface area (Å²) in [7, 11) is 0. The van der Waals surface area contributed by atoms with Crippen LogP contribution in [0.15, 0.2) is 35.1 Å². The van der Waals surface area contributed by atoms with Crippen LogP contribution in [0.4, 0.5) is 5.69 Å². The van der Waals surface area contributed by atoms with Crippen molar-refractivity contribution >= 4 is 11.6 Å². The number of nitrogens with one attached hydrogen (secondary N) is 1. The number of fused-ring (bicyclic) bond motifs is 1. The van der Waals surface area contributed by atoms with Crippen LogP contribution in [0.3, 0.4) is 0 Å². The molecule has 120 valence electrons. The summed E-state index contributed by atoms with van der Waals surface area (Å²) in [6.45, 7) is 3.75. The maximum Gasteiger partial charge on any atom is 0.267 e. The summed E-state index contributed by atoms with van der Waals surface area (Å²) in [6, 6.07) is 8.68. The third-order valence-corrected chi connectivity index (χ3v) is 4.38. The van der Waals surface area contributed by atoms with E-state index in [2.05, 4.69) is 10.4 Å². The highest BCUT2D eigenvalue weighted by Crippen LogP contribution is 2.19. The smallest absolute Gasteiger partial charge is 0.267 e. The highest BCUT2D eigenvalue weighted by molar-refractivity contribution is 5.94. The Morgan fingerprint density at radius 1 is 1.35 bits per heavy atom. The third-order valence-electron chi connectivity index (χ3n) is 4.38. The zero-order chi connectivity index (χ0) is 16.4. The number of aryl methyl sites for hydroxylation is 3. The molecule has 1 aliphatic rings. The van der Waals surface area contributed by atoms with Crippen LogP contribution >= 0.6 is 0 Å². The molecule has 1 heterocycles. The van der Waals surface area contributed by atoms with Crippen molar-refractivity contribution < 1.29 is 4.79 Å². The van der Waals surface area contributed by atoms with E-state index in [0.29, 0.717) is 0 Å². The number of anilines is 1. The van der Waals surface area contributed by atoms with Crippen LogP contribution in [-0.2, 0) is 24.1 Å². The quantitative estimate of drug-likeness (QED) is 0.943. The molecule has 1 amide bonds. The number of rotatable bonds is 4. The average molecular weight is 311 g/mol. The van der Waals surface area contributed by atoms with Gasteiger partial charge in [0.1, 0.15) is 6.04 Å². The molecule has 0 saturated heterocycles. The second kappa shape index (κ2) is 6.36. The molecule has 2 aromatic rings. The Morgan fingerprint density at radius 2 is 2.13 bits per heavy atom. The van der Waals surface area contributed by atoms with Crippen molar-refractivity contribution in [3.8, 4) is 0 Å². The number of aromatic nitrogens is 2. The molecule has 1 unspecified atom stereocenters. The molecule has 0 saturated carbocycles. The number of benzene rings is 1. The Kier molecular flexibility index (Phi) is 4.28. The molecule has 3 rings (SSSR count). The van der Waals surface area contributed by atoms with Crippen molar-refractivity contribution in [2.24, 2.45) is 0 Å². The fourth-order valence-corrected chi connectivity index (χ4v) is 2.99. The van der Waals surface area contributed by atoms with E-state index in [1.54, 1.807) is 13.0 Å². The van der Waals surface area contributed by atoms with Crippen LogP contribution in [0, 0.1) is 0 Å². The van der Waals surface area contributed by atoms with E-state index in [1.807, 2.05) is 31.2 Å². The van der Waals surface area contributed by atoms with Crippen LogP contribution in [0.2, 0.25) is 0 Å². The van der Waals surface area contributed by atoms with Crippen LogP contribution in [0.25, 0.3) is 0 Å². The van der Waals surface area contributed by atoms with Gasteiger partial charge in [-0.05, 0) is 49.8 Å². The molecule has 23 heavy (non-hydrogen) atoms. The van der Waals surface area contributed by atoms with Gasteiger partial charge in [-0.2, -0.15) is 5.10 Å². The van der Waals surface area contributed by atoms with Gasteiger partial charge in [-0.3, -0.25) is 9.59 Å². The van der Waals surface area contributed by atoms with Gasteiger partial charge < -0.3 is 5.32 Å². The van der Waals surface area contributed by atoms with Gasteiger partial charge in [0.15, 0.2) is 0 Å². The molecular formula is C18H21N3O2. The first-order valence-electron chi connectivity index (χ1n) is 8.10.